The van der Waals surface area contributed by atoms with Crippen LogP contribution >= 0.6 is 0 Å². The summed E-state index contributed by atoms with van der Waals surface area (Å²) < 4.78 is 0. The van der Waals surface area contributed by atoms with Gasteiger partial charge in [0.05, 0.1) is 6.34 Å². The maximum absolute atomic E-state index is 7.24. The van der Waals surface area contributed by atoms with Gasteiger partial charge in [-0.25, -0.2) is 0 Å². The molecule has 0 aliphatic carbocycles. The molecule has 10 heavy (non-hydrogen) atoms. The zero-order valence-corrected chi connectivity index (χ0v) is 5.96. The van der Waals surface area contributed by atoms with Gasteiger partial charge in [0.15, 0.2) is 0 Å². The number of nitrogens with zero attached hydrogens (tertiary/aromatic N) is 1. The van der Waals surface area contributed by atoms with E-state index in [1.54, 1.807) is 25.3 Å². The lowest BCUT2D eigenvalue weighted by atomic mass is 10.4. The van der Waals surface area contributed by atoms with Crippen LogP contribution in [-0.2, 0) is 0 Å². The van der Waals surface area contributed by atoms with Crippen molar-refractivity contribution in [3.05, 3.63) is 24.8 Å². The molecule has 0 spiro atoms. The fourth-order valence-electron chi connectivity index (χ4n) is 0.346. The molecule has 2 N–H and O–H groups in total. The summed E-state index contributed by atoms with van der Waals surface area (Å²) in [5, 5.41) is 14.0. The van der Waals surface area contributed by atoms with Crippen molar-refractivity contribution in [2.45, 2.75) is 0 Å². The van der Waals surface area contributed by atoms with Crippen molar-refractivity contribution >= 4 is 12.2 Å². The van der Waals surface area contributed by atoms with Crippen LogP contribution in [0.4, 0.5) is 0 Å². The highest BCUT2D eigenvalue weighted by molar-refractivity contribution is 5.97. The minimum atomic E-state index is 0.273. The van der Waals surface area contributed by atoms with E-state index in [4.69, 9.17) is 10.8 Å². The first-order valence-electron chi connectivity index (χ1n) is 2.83. The van der Waals surface area contributed by atoms with Gasteiger partial charge in [-0.15, -0.1) is 0 Å². The van der Waals surface area contributed by atoms with Gasteiger partial charge in [0, 0.05) is 7.05 Å². The number of likely N-dealkylation sites (N-methyl/N-ethyl adjacent to an activating group) is 1. The second kappa shape index (κ2) is 4.49. The smallest absolute Gasteiger partial charge is 0.125 e. The van der Waals surface area contributed by atoms with Gasteiger partial charge in [0.25, 0.3) is 0 Å². The number of amidine groups is 1. The lowest BCUT2D eigenvalue weighted by Gasteiger charge is -2.08. The van der Waals surface area contributed by atoms with Crippen molar-refractivity contribution in [2.24, 2.45) is 0 Å². The van der Waals surface area contributed by atoms with E-state index in [9.17, 15) is 0 Å². The van der Waals surface area contributed by atoms with Crippen LogP contribution in [0.1, 0.15) is 0 Å². The van der Waals surface area contributed by atoms with Crippen LogP contribution in [0.25, 0.3) is 0 Å². The molecule has 0 saturated heterocycles. The van der Waals surface area contributed by atoms with Gasteiger partial charge in [0.1, 0.15) is 5.84 Å². The molecule has 54 valence electrons. The maximum atomic E-state index is 7.24. The zero-order chi connectivity index (χ0) is 7.98. The molecule has 0 aliphatic rings. The summed E-state index contributed by atoms with van der Waals surface area (Å²) in [4.78, 5) is 1.39. The summed E-state index contributed by atoms with van der Waals surface area (Å²) in [6.45, 7) is 3.46. The fourth-order valence-corrected chi connectivity index (χ4v) is 0.346. The molecule has 0 radical (unpaired) electrons. The molecule has 0 aromatic heterocycles. The summed E-state index contributed by atoms with van der Waals surface area (Å²) in [6, 6.07) is 0. The predicted octanol–water partition coefficient (Wildman–Crippen LogP) is 1.24. The van der Waals surface area contributed by atoms with Crippen LogP contribution in [0.15, 0.2) is 24.8 Å². The Hall–Kier alpha value is -1.38. The predicted molar refractivity (Wildman–Crippen MR) is 43.6 cm³/mol. The molecule has 3 heteroatoms. The maximum Gasteiger partial charge on any atom is 0.125 e. The van der Waals surface area contributed by atoms with Gasteiger partial charge in [-0.1, -0.05) is 18.7 Å². The van der Waals surface area contributed by atoms with E-state index < -0.39 is 0 Å². The Bertz CT molecular complexity index is 170. The van der Waals surface area contributed by atoms with Crippen LogP contribution in [0.2, 0.25) is 0 Å². The lowest BCUT2D eigenvalue weighted by molar-refractivity contribution is 0.769. The van der Waals surface area contributed by atoms with Crippen molar-refractivity contribution in [1.82, 2.24) is 4.90 Å². The third kappa shape index (κ3) is 2.81. The summed E-state index contributed by atoms with van der Waals surface area (Å²) in [7, 11) is 1.64. The first kappa shape index (κ1) is 8.62. The van der Waals surface area contributed by atoms with Crippen molar-refractivity contribution in [1.29, 1.82) is 10.8 Å². The Morgan fingerprint density at radius 3 is 2.60 bits per heavy atom. The molecule has 0 rings (SSSR count). The van der Waals surface area contributed by atoms with E-state index in [0.29, 0.717) is 0 Å². The van der Waals surface area contributed by atoms with E-state index >= 15 is 0 Å². The molecule has 0 amide bonds. The SMILES string of the molecule is C=C/C=C\C(=N)N(C)C=N. The molecule has 0 saturated carbocycles. The van der Waals surface area contributed by atoms with Crippen molar-refractivity contribution in [3.63, 3.8) is 0 Å². The zero-order valence-electron chi connectivity index (χ0n) is 5.96. The molecule has 0 fully saturated rings. The monoisotopic (exact) mass is 137 g/mol. The normalized spacial score (nSPS) is 9.30. The summed E-state index contributed by atoms with van der Waals surface area (Å²) in [5.41, 5.74) is 0. The number of allylic oxidation sites excluding steroid dienone is 2. The fraction of sp³-hybridized carbons (Fsp3) is 0.143. The van der Waals surface area contributed by atoms with Crippen LogP contribution in [-0.4, -0.2) is 24.1 Å². The molecule has 0 aromatic rings. The molecular formula is C7H11N3. The number of hydrogen-bond acceptors (Lipinski definition) is 2. The molecule has 0 heterocycles. The highest BCUT2D eigenvalue weighted by atomic mass is 15.1. The van der Waals surface area contributed by atoms with E-state index in [1.165, 1.54) is 4.90 Å². The van der Waals surface area contributed by atoms with Crippen molar-refractivity contribution in [3.8, 4) is 0 Å². The topological polar surface area (TPSA) is 50.9 Å². The second-order valence-corrected chi connectivity index (χ2v) is 1.72. The number of hydrogen-bond donors (Lipinski definition) is 2. The highest BCUT2D eigenvalue weighted by Gasteiger charge is 1.92. The molecule has 0 atom stereocenters. The summed E-state index contributed by atoms with van der Waals surface area (Å²) >= 11 is 0. The molecule has 0 unspecified atom stereocenters. The number of nitrogens with one attached hydrogen (secondary N) is 2. The highest BCUT2D eigenvalue weighted by Crippen LogP contribution is 1.82. The third-order valence-corrected chi connectivity index (χ3v) is 0.964. The minimum Gasteiger partial charge on any atom is -0.321 e. The Morgan fingerprint density at radius 2 is 2.20 bits per heavy atom. The van der Waals surface area contributed by atoms with E-state index in [-0.39, 0.29) is 5.84 Å². The molecule has 0 aliphatic heterocycles. The van der Waals surface area contributed by atoms with Gasteiger partial charge < -0.3 is 4.90 Å². The number of rotatable bonds is 3. The standard InChI is InChI=1S/C7H11N3/c1-3-4-5-7(9)10(2)6-8/h3-6,8-9H,1H2,2H3/b5-4-,8-6?,9-7?. The first-order chi connectivity index (χ1) is 4.72. The Balaban J connectivity index is 3.95. The van der Waals surface area contributed by atoms with Crippen molar-refractivity contribution < 1.29 is 0 Å². The van der Waals surface area contributed by atoms with Gasteiger partial charge in [-0.3, -0.25) is 10.8 Å². The first-order valence-corrected chi connectivity index (χ1v) is 2.83. The van der Waals surface area contributed by atoms with Crippen molar-refractivity contribution in [2.75, 3.05) is 7.05 Å². The molecule has 0 aromatic carbocycles. The van der Waals surface area contributed by atoms with E-state index in [1.807, 2.05) is 0 Å². The van der Waals surface area contributed by atoms with E-state index in [0.717, 1.165) is 6.34 Å². The van der Waals surface area contributed by atoms with Crippen LogP contribution < -0.4 is 0 Å². The Kier molecular flexibility index (Phi) is 3.87. The van der Waals surface area contributed by atoms with Crippen LogP contribution in [0.3, 0.4) is 0 Å². The minimum absolute atomic E-state index is 0.273. The summed E-state index contributed by atoms with van der Waals surface area (Å²) in [6.07, 6.45) is 5.89. The summed E-state index contributed by atoms with van der Waals surface area (Å²) in [5.74, 6) is 0.273. The van der Waals surface area contributed by atoms with Crippen LogP contribution in [0, 0.1) is 10.8 Å². The largest absolute Gasteiger partial charge is 0.321 e. The van der Waals surface area contributed by atoms with E-state index in [2.05, 4.69) is 6.58 Å². The average Bonchev–Trinajstić information content (AvgIpc) is 1.98. The second-order valence-electron chi connectivity index (χ2n) is 1.72. The quantitative estimate of drug-likeness (QED) is 0.343. The van der Waals surface area contributed by atoms with Gasteiger partial charge in [-0.2, -0.15) is 0 Å². The van der Waals surface area contributed by atoms with Gasteiger partial charge in [0.2, 0.25) is 0 Å². The Labute approximate surface area is 60.7 Å². The lowest BCUT2D eigenvalue weighted by Crippen LogP contribution is -2.21. The average molecular weight is 137 g/mol. The van der Waals surface area contributed by atoms with Gasteiger partial charge in [-0.05, 0) is 6.08 Å². The van der Waals surface area contributed by atoms with Gasteiger partial charge >= 0.3 is 0 Å². The molecule has 0 bridgehead atoms. The Morgan fingerprint density at radius 1 is 1.60 bits per heavy atom. The third-order valence-electron chi connectivity index (χ3n) is 0.964. The van der Waals surface area contributed by atoms with Crippen LogP contribution in [0.5, 0.6) is 0 Å². The molecular weight excluding hydrogens is 126 g/mol. The molecule has 3 nitrogen and oxygen atoms in total.